The summed E-state index contributed by atoms with van der Waals surface area (Å²) in [5.74, 6) is 7.81. The smallest absolute Gasteiger partial charge is 0 e. The molecule has 4 rings (SSSR count). The van der Waals surface area contributed by atoms with Gasteiger partial charge in [0.1, 0.15) is 0 Å². The zero-order chi connectivity index (χ0) is 30.3. The molecule has 0 amide bonds. The molecule has 4 aromatic rings. The van der Waals surface area contributed by atoms with Crippen LogP contribution in [0.5, 0.6) is 0 Å². The number of aliphatic hydroxyl groups is 1. The van der Waals surface area contributed by atoms with E-state index in [4.69, 9.17) is 4.98 Å². The molecule has 0 saturated heterocycles. The molecule has 227 valence electrons. The predicted molar refractivity (Wildman–Crippen MR) is 178 cm³/mol. The summed E-state index contributed by atoms with van der Waals surface area (Å²) in [5, 5.41) is 13.3. The first kappa shape index (κ1) is 35.9. The number of ketones is 1. The summed E-state index contributed by atoms with van der Waals surface area (Å²) in [4.78, 5) is 21.3. The Bertz CT molecular complexity index is 1510. The molecule has 42 heavy (non-hydrogen) atoms. The molecule has 0 atom stereocenters. The van der Waals surface area contributed by atoms with Gasteiger partial charge >= 0.3 is 158 Å². The summed E-state index contributed by atoms with van der Waals surface area (Å²) < 4.78 is 1.46. The number of benzene rings is 2. The van der Waals surface area contributed by atoms with E-state index in [1.807, 2.05) is 40.1 Å². The van der Waals surface area contributed by atoms with Crippen LogP contribution >= 0.6 is 0 Å². The largest absolute Gasteiger partial charge is 0 e. The number of aliphatic hydroxyl groups excluding tert-OH is 1. The molecule has 0 aliphatic carbocycles. The number of carbonyl (C=O) groups is 1. The minimum absolute atomic E-state index is 0. The quantitative estimate of drug-likeness (QED) is 0.0603. The van der Waals surface area contributed by atoms with Crippen LogP contribution in [0.4, 0.5) is 0 Å². The van der Waals surface area contributed by atoms with Gasteiger partial charge in [0.2, 0.25) is 0 Å². The Morgan fingerprint density at radius 1 is 0.905 bits per heavy atom. The maximum absolute atomic E-state index is 11.7. The van der Waals surface area contributed by atoms with Gasteiger partial charge in [-0.2, -0.15) is 0 Å². The van der Waals surface area contributed by atoms with Gasteiger partial charge in [-0.3, -0.25) is 4.79 Å². The van der Waals surface area contributed by atoms with Crippen LogP contribution in [0.1, 0.15) is 64.5 Å². The molecule has 2 aromatic heterocycles. The molecule has 0 spiro atoms. The van der Waals surface area contributed by atoms with Gasteiger partial charge in [-0.25, -0.2) is 0 Å². The molecule has 1 radical (unpaired) electrons. The van der Waals surface area contributed by atoms with Gasteiger partial charge in [-0.05, 0) is 25.7 Å². The minimum Gasteiger partial charge on any atom is 0 e. The maximum Gasteiger partial charge on any atom is 0 e. The number of fused-ring (bicyclic) bond motifs is 3. The number of aryl methyl sites for hydroxylation is 2. The fraction of sp³-hybridized carbons (Fsp3) is 0.417. The second-order valence-electron chi connectivity index (χ2n) is 12.1. The molecule has 2 aromatic carbocycles. The summed E-state index contributed by atoms with van der Waals surface area (Å²) in [5.41, 5.74) is 5.53. The normalized spacial score (nSPS) is 11.9. The number of rotatable bonds is 9. The van der Waals surface area contributed by atoms with Gasteiger partial charge in [-0.1, -0.05) is 27.7 Å². The second kappa shape index (κ2) is 15.9. The van der Waals surface area contributed by atoms with Crippen molar-refractivity contribution in [3.8, 4) is 11.3 Å². The van der Waals surface area contributed by atoms with Crippen LogP contribution in [0.25, 0.3) is 32.9 Å². The van der Waals surface area contributed by atoms with Crippen molar-refractivity contribution in [1.82, 2.24) is 9.97 Å². The summed E-state index contributed by atoms with van der Waals surface area (Å²) >= 11 is -1.99. The number of aromatic nitrogens is 2. The van der Waals surface area contributed by atoms with Crippen molar-refractivity contribution < 1.29 is 30.0 Å². The standard InChI is InChI=1S/C23H23GeN2.C13H24O2.Ir/c1-15-11-16(2)13-17(12-15)22-20-14-26-23-19(18(20)9-10-25-22)7-6-8-21(23)24(3,4)5;1-5-10(6-2)12(14)9-13(15)11(7-3)8-4;/h6-12,14H,1-5H3;9-11,14H,5-8H2,1-4H3;/q-1;;/b;12-9-;. The molecular formula is C36H47GeIrN2O2-. The van der Waals surface area contributed by atoms with Crippen LogP contribution in [-0.2, 0) is 24.9 Å². The number of pyridine rings is 2. The molecule has 0 saturated carbocycles. The Morgan fingerprint density at radius 2 is 1.55 bits per heavy atom. The van der Waals surface area contributed by atoms with Crippen molar-refractivity contribution in [3.63, 3.8) is 0 Å². The molecule has 4 nitrogen and oxygen atoms in total. The van der Waals surface area contributed by atoms with Gasteiger partial charge in [0, 0.05) is 38.0 Å². The van der Waals surface area contributed by atoms with E-state index < -0.39 is 13.3 Å². The van der Waals surface area contributed by atoms with Crippen LogP contribution in [0.2, 0.25) is 17.3 Å². The van der Waals surface area contributed by atoms with E-state index in [1.54, 1.807) is 0 Å². The molecule has 0 fully saturated rings. The molecule has 1 N–H and O–H groups in total. The van der Waals surface area contributed by atoms with Crippen molar-refractivity contribution >= 4 is 45.1 Å². The zero-order valence-electron chi connectivity index (χ0n) is 26.8. The van der Waals surface area contributed by atoms with Gasteiger partial charge in [0.25, 0.3) is 0 Å². The van der Waals surface area contributed by atoms with Crippen LogP contribution in [0.3, 0.4) is 0 Å². The number of nitrogens with zero attached hydrogens (tertiary/aromatic N) is 2. The topological polar surface area (TPSA) is 63.1 Å². The first-order valence-electron chi connectivity index (χ1n) is 15.1. The number of hydrogen-bond acceptors (Lipinski definition) is 4. The van der Waals surface area contributed by atoms with Crippen molar-refractivity contribution in [2.24, 2.45) is 11.8 Å². The molecule has 0 aliphatic heterocycles. The van der Waals surface area contributed by atoms with Crippen molar-refractivity contribution in [1.29, 1.82) is 0 Å². The number of hydrogen-bond donors (Lipinski definition) is 1. The second-order valence-corrected chi connectivity index (χ2v) is 22.7. The maximum atomic E-state index is 11.7. The Kier molecular flexibility index (Phi) is 13.6. The van der Waals surface area contributed by atoms with Crippen LogP contribution in [-0.4, -0.2) is 34.1 Å². The van der Waals surface area contributed by atoms with Gasteiger partial charge in [-0.15, -0.1) is 0 Å². The fourth-order valence-electron chi connectivity index (χ4n) is 5.49. The van der Waals surface area contributed by atoms with Gasteiger partial charge < -0.3 is 5.11 Å². The van der Waals surface area contributed by atoms with E-state index in [2.05, 4.69) is 78.6 Å². The van der Waals surface area contributed by atoms with Crippen molar-refractivity contribution in [3.05, 3.63) is 77.8 Å². The summed E-state index contributed by atoms with van der Waals surface area (Å²) in [6.45, 7) is 12.3. The third-order valence-corrected chi connectivity index (χ3v) is 12.2. The molecule has 0 unspecified atom stereocenters. The monoisotopic (exact) mass is 806 g/mol. The third kappa shape index (κ3) is 8.61. The van der Waals surface area contributed by atoms with Crippen molar-refractivity contribution in [2.45, 2.75) is 84.5 Å². The average Bonchev–Trinajstić information content (AvgIpc) is 2.93. The van der Waals surface area contributed by atoms with Gasteiger partial charge in [0.15, 0.2) is 5.78 Å². The summed E-state index contributed by atoms with van der Waals surface area (Å²) in [6, 6.07) is 16.5. The summed E-state index contributed by atoms with van der Waals surface area (Å²) in [7, 11) is 0. The van der Waals surface area contributed by atoms with E-state index in [9.17, 15) is 9.90 Å². The van der Waals surface area contributed by atoms with Crippen molar-refractivity contribution in [2.75, 3.05) is 0 Å². The Morgan fingerprint density at radius 3 is 2.12 bits per heavy atom. The van der Waals surface area contributed by atoms with E-state index in [0.717, 1.165) is 53.4 Å². The third-order valence-electron chi connectivity index (χ3n) is 7.93. The molecule has 6 heteroatoms. The Labute approximate surface area is 269 Å². The van der Waals surface area contributed by atoms with Crippen LogP contribution in [0.15, 0.2) is 60.6 Å². The Balaban J connectivity index is 0.000000334. The van der Waals surface area contributed by atoms with E-state index in [1.165, 1.54) is 26.8 Å². The average molecular weight is 805 g/mol. The molecule has 0 bridgehead atoms. The van der Waals surface area contributed by atoms with Gasteiger partial charge in [0.05, 0.1) is 5.76 Å². The SMILES string of the molecule is CCC(CC)C(=O)/C=C(\O)C(CC)CC.Cc1[c-]c(-c2nccc3c2cnc2[c]([Ge]([CH3])([CH3])[CH3])cccc23)cc(C)c1.[Ir]. The van der Waals surface area contributed by atoms with E-state index in [-0.39, 0.29) is 43.5 Å². The minimum atomic E-state index is -1.99. The molecule has 2 heterocycles. The van der Waals surface area contributed by atoms with E-state index in [0.29, 0.717) is 0 Å². The van der Waals surface area contributed by atoms with Crippen LogP contribution < -0.4 is 4.40 Å². The Hall–Kier alpha value is -2.34. The molecular weight excluding hydrogens is 757 g/mol. The van der Waals surface area contributed by atoms with Crippen LogP contribution in [0, 0.1) is 31.7 Å². The van der Waals surface area contributed by atoms with E-state index >= 15 is 0 Å². The number of para-hydroxylation sites is 1. The molecule has 0 aliphatic rings. The number of allylic oxidation sites excluding steroid dienone is 2. The first-order valence-corrected chi connectivity index (χ1v) is 22.4. The zero-order valence-corrected chi connectivity index (χ0v) is 31.3. The fourth-order valence-corrected chi connectivity index (χ4v) is 8.65. The number of carbonyl (C=O) groups excluding carboxylic acids is 1. The summed E-state index contributed by atoms with van der Waals surface area (Å²) in [6.07, 6.45) is 8.82. The first-order chi connectivity index (χ1) is 19.4. The predicted octanol–water partition coefficient (Wildman–Crippen LogP) is 9.28.